The summed E-state index contributed by atoms with van der Waals surface area (Å²) in [5, 5.41) is 87.4. The Hall–Kier alpha value is -0.970. The summed E-state index contributed by atoms with van der Waals surface area (Å²) < 4.78 is 15.6. The summed E-state index contributed by atoms with van der Waals surface area (Å²) in [5.41, 5.74) is 0. The van der Waals surface area contributed by atoms with Gasteiger partial charge in [0.2, 0.25) is 0 Å². The third-order valence-electron chi connectivity index (χ3n) is 5.34. The Morgan fingerprint density at radius 1 is 1.14 bits per heavy atom. The van der Waals surface area contributed by atoms with Gasteiger partial charge in [-0.15, -0.1) is 0 Å². The average molecular weight is 428 g/mol. The highest BCUT2D eigenvalue weighted by Gasteiger charge is 2.55. The van der Waals surface area contributed by atoms with Gasteiger partial charge in [-0.2, -0.15) is 0 Å². The molecule has 2 saturated heterocycles. The van der Waals surface area contributed by atoms with Crippen molar-refractivity contribution in [3.63, 3.8) is 0 Å². The molecule has 11 atom stereocenters. The van der Waals surface area contributed by atoms with Gasteiger partial charge < -0.3 is 60.2 Å². The maximum atomic E-state index is 11.9. The second-order valence-corrected chi connectivity index (χ2v) is 7.36. The summed E-state index contributed by atoms with van der Waals surface area (Å²) in [4.78, 5) is 11.9. The normalized spacial score (nSPS) is 45.6. The molecule has 0 bridgehead atoms. The standard InChI is InChI=1S/C16H28O13/c1-5-6(18)2-16(15(25)26,29-13(5)9(20)7(19)3-17)27-4-8-10(21)11(22)12(23)14(24)28-8/h5-14,17-24H,2-4H2,1H3,(H,25,26)/t5-,6-,7-,8?,9-,10-,11+,12?,13?,14?,16-/m1/s1. The Labute approximate surface area is 165 Å². The fraction of sp³-hybridized carbons (Fsp3) is 0.938. The van der Waals surface area contributed by atoms with Gasteiger partial charge in [-0.3, -0.25) is 0 Å². The Bertz CT molecular complexity index is 561. The Balaban J connectivity index is 2.19. The summed E-state index contributed by atoms with van der Waals surface area (Å²) in [6.07, 6.45) is -15.4. The number of ether oxygens (including phenoxy) is 3. The monoisotopic (exact) mass is 428 g/mol. The van der Waals surface area contributed by atoms with Crippen molar-refractivity contribution < 1.29 is 65.0 Å². The number of aliphatic hydroxyl groups is 8. The molecule has 2 heterocycles. The molecule has 2 aliphatic rings. The van der Waals surface area contributed by atoms with Crippen LogP contribution in [0.15, 0.2) is 0 Å². The molecular formula is C16H28O13. The molecule has 9 N–H and O–H groups in total. The second-order valence-electron chi connectivity index (χ2n) is 7.36. The molecule has 0 radical (unpaired) electrons. The summed E-state index contributed by atoms with van der Waals surface area (Å²) in [6.45, 7) is -0.137. The molecule has 2 fully saturated rings. The van der Waals surface area contributed by atoms with E-state index in [0.717, 1.165) is 0 Å². The number of carbonyl (C=O) groups is 1. The molecular weight excluding hydrogens is 400 g/mol. The fourth-order valence-corrected chi connectivity index (χ4v) is 3.34. The van der Waals surface area contributed by atoms with Crippen LogP contribution in [0.5, 0.6) is 0 Å². The smallest absolute Gasteiger partial charge is 0.364 e. The quantitative estimate of drug-likeness (QED) is 0.185. The average Bonchev–Trinajstić information content (AvgIpc) is 2.69. The lowest BCUT2D eigenvalue weighted by Gasteiger charge is -2.46. The van der Waals surface area contributed by atoms with Gasteiger partial charge in [-0.25, -0.2) is 4.79 Å². The van der Waals surface area contributed by atoms with E-state index in [-0.39, 0.29) is 0 Å². The van der Waals surface area contributed by atoms with Crippen LogP contribution in [0.2, 0.25) is 0 Å². The maximum Gasteiger partial charge on any atom is 0.364 e. The van der Waals surface area contributed by atoms with Crippen molar-refractivity contribution in [2.45, 2.75) is 74.3 Å². The molecule has 4 unspecified atom stereocenters. The van der Waals surface area contributed by atoms with E-state index in [1.807, 2.05) is 0 Å². The SMILES string of the molecule is C[C@H]1C([C@H](O)[C@H](O)CO)O[C@@](OCC2OC(O)C(O)[C@@H](O)[C@@H]2O)(C(=O)O)C[C@H]1O. The summed E-state index contributed by atoms with van der Waals surface area (Å²) in [7, 11) is 0. The van der Waals surface area contributed by atoms with Crippen LogP contribution in [-0.2, 0) is 19.0 Å². The van der Waals surface area contributed by atoms with Gasteiger partial charge in [0.15, 0.2) is 6.29 Å². The minimum absolute atomic E-state index is 0.585. The molecule has 13 heteroatoms. The Morgan fingerprint density at radius 3 is 2.31 bits per heavy atom. The number of aliphatic hydroxyl groups excluding tert-OH is 8. The van der Waals surface area contributed by atoms with Crippen LogP contribution in [-0.4, -0.2) is 126 Å². The number of carboxylic acid groups (broad SMARTS) is 1. The van der Waals surface area contributed by atoms with E-state index < -0.39 is 92.4 Å². The van der Waals surface area contributed by atoms with Gasteiger partial charge in [-0.05, 0) is 0 Å². The molecule has 170 valence electrons. The number of hydrogen-bond donors (Lipinski definition) is 9. The van der Waals surface area contributed by atoms with Gasteiger partial charge in [0.05, 0.1) is 25.4 Å². The lowest BCUT2D eigenvalue weighted by molar-refractivity contribution is -0.338. The Kier molecular flexibility index (Phi) is 7.92. The molecule has 0 amide bonds. The first-order valence-corrected chi connectivity index (χ1v) is 9.03. The third-order valence-corrected chi connectivity index (χ3v) is 5.34. The highest BCUT2D eigenvalue weighted by atomic mass is 16.7. The zero-order chi connectivity index (χ0) is 22.1. The number of hydrogen-bond acceptors (Lipinski definition) is 12. The van der Waals surface area contributed by atoms with Crippen LogP contribution in [0.25, 0.3) is 0 Å². The number of carboxylic acids is 1. The number of rotatable bonds is 7. The van der Waals surface area contributed by atoms with Crippen LogP contribution in [0, 0.1) is 5.92 Å². The van der Waals surface area contributed by atoms with Crippen molar-refractivity contribution >= 4 is 5.97 Å². The van der Waals surface area contributed by atoms with E-state index in [4.69, 9.17) is 19.3 Å². The van der Waals surface area contributed by atoms with E-state index in [2.05, 4.69) is 0 Å². The molecule has 13 nitrogen and oxygen atoms in total. The van der Waals surface area contributed by atoms with Crippen molar-refractivity contribution in [3.05, 3.63) is 0 Å². The molecule has 0 saturated carbocycles. The van der Waals surface area contributed by atoms with Gasteiger partial charge in [0.1, 0.15) is 36.6 Å². The lowest BCUT2D eigenvalue weighted by Crippen LogP contribution is -2.63. The first kappa shape index (κ1) is 24.3. The zero-order valence-corrected chi connectivity index (χ0v) is 15.6. The first-order chi connectivity index (χ1) is 13.4. The predicted molar refractivity (Wildman–Crippen MR) is 89.0 cm³/mol. The summed E-state index contributed by atoms with van der Waals surface area (Å²) in [5.74, 6) is -5.05. The van der Waals surface area contributed by atoms with Crippen LogP contribution < -0.4 is 0 Å². The van der Waals surface area contributed by atoms with Crippen LogP contribution in [0.1, 0.15) is 13.3 Å². The second kappa shape index (κ2) is 9.45. The van der Waals surface area contributed by atoms with Gasteiger partial charge in [0.25, 0.3) is 5.79 Å². The molecule has 0 aromatic rings. The van der Waals surface area contributed by atoms with E-state index in [9.17, 15) is 45.6 Å². The molecule has 2 rings (SSSR count). The lowest BCUT2D eigenvalue weighted by atomic mass is 9.84. The topological polar surface area (TPSA) is 227 Å². The minimum atomic E-state index is -2.53. The van der Waals surface area contributed by atoms with E-state index in [1.165, 1.54) is 6.92 Å². The molecule has 0 spiro atoms. The van der Waals surface area contributed by atoms with Crippen molar-refractivity contribution in [2.24, 2.45) is 5.92 Å². The maximum absolute atomic E-state index is 11.9. The van der Waals surface area contributed by atoms with Crippen molar-refractivity contribution in [3.8, 4) is 0 Å². The van der Waals surface area contributed by atoms with Crippen LogP contribution in [0.3, 0.4) is 0 Å². The minimum Gasteiger partial charge on any atom is -0.477 e. The largest absolute Gasteiger partial charge is 0.477 e. The molecule has 0 aromatic heterocycles. The fourth-order valence-electron chi connectivity index (χ4n) is 3.34. The highest BCUT2D eigenvalue weighted by molar-refractivity contribution is 5.76. The van der Waals surface area contributed by atoms with Crippen molar-refractivity contribution in [1.29, 1.82) is 0 Å². The van der Waals surface area contributed by atoms with Crippen LogP contribution >= 0.6 is 0 Å². The van der Waals surface area contributed by atoms with Crippen LogP contribution in [0.4, 0.5) is 0 Å². The van der Waals surface area contributed by atoms with E-state index >= 15 is 0 Å². The predicted octanol–water partition coefficient (Wildman–Crippen LogP) is -4.92. The first-order valence-electron chi connectivity index (χ1n) is 9.03. The van der Waals surface area contributed by atoms with Gasteiger partial charge in [-0.1, -0.05) is 6.92 Å². The molecule has 0 aromatic carbocycles. The molecule has 29 heavy (non-hydrogen) atoms. The van der Waals surface area contributed by atoms with Crippen molar-refractivity contribution in [2.75, 3.05) is 13.2 Å². The molecule has 2 aliphatic heterocycles. The highest BCUT2D eigenvalue weighted by Crippen LogP contribution is 2.37. The Morgan fingerprint density at radius 2 is 1.76 bits per heavy atom. The van der Waals surface area contributed by atoms with E-state index in [1.54, 1.807) is 0 Å². The number of aliphatic carboxylic acids is 1. The van der Waals surface area contributed by atoms with Gasteiger partial charge in [0, 0.05) is 12.3 Å². The summed E-state index contributed by atoms with van der Waals surface area (Å²) in [6, 6.07) is 0. The zero-order valence-electron chi connectivity index (χ0n) is 15.6. The van der Waals surface area contributed by atoms with Crippen molar-refractivity contribution in [1.82, 2.24) is 0 Å². The summed E-state index contributed by atoms with van der Waals surface area (Å²) >= 11 is 0. The molecule has 0 aliphatic carbocycles. The van der Waals surface area contributed by atoms with E-state index in [0.29, 0.717) is 0 Å². The third kappa shape index (κ3) is 4.86. The van der Waals surface area contributed by atoms with Gasteiger partial charge >= 0.3 is 5.97 Å².